The van der Waals surface area contributed by atoms with Gasteiger partial charge in [0.15, 0.2) is 5.79 Å². The van der Waals surface area contributed by atoms with Crippen LogP contribution in [0.3, 0.4) is 0 Å². The highest BCUT2D eigenvalue weighted by Crippen LogP contribution is 2.07. The van der Waals surface area contributed by atoms with Crippen molar-refractivity contribution in [3.63, 3.8) is 0 Å². The van der Waals surface area contributed by atoms with Crippen LogP contribution in [0, 0.1) is 0 Å². The summed E-state index contributed by atoms with van der Waals surface area (Å²) in [4.78, 5) is 0. The molecule has 8 heavy (non-hydrogen) atoms. The molecule has 0 aromatic rings. The van der Waals surface area contributed by atoms with Crippen LogP contribution in [0.25, 0.3) is 0 Å². The second-order valence-corrected chi connectivity index (χ2v) is 2.80. The quantitative estimate of drug-likeness (QED) is 0.503. The van der Waals surface area contributed by atoms with Crippen LogP contribution in [0.5, 0.6) is 0 Å². The summed E-state index contributed by atoms with van der Waals surface area (Å²) in [5.74, 6) is -1.48. The van der Waals surface area contributed by atoms with Crippen LogP contribution in [0.2, 0.25) is 0 Å². The molecule has 0 rings (SSSR count). The van der Waals surface area contributed by atoms with Gasteiger partial charge >= 0.3 is 0 Å². The SMILES string of the molecule is CC(O)(O)CCCBr. The highest BCUT2D eigenvalue weighted by molar-refractivity contribution is 9.09. The molecule has 0 aromatic heterocycles. The number of halogens is 1. The van der Waals surface area contributed by atoms with Crippen molar-refractivity contribution in [3.05, 3.63) is 0 Å². The Morgan fingerprint density at radius 3 is 2.12 bits per heavy atom. The monoisotopic (exact) mass is 182 g/mol. The Labute approximate surface area is 57.7 Å². The minimum atomic E-state index is -1.48. The molecule has 0 amide bonds. The maximum absolute atomic E-state index is 8.68. The Bertz CT molecular complexity index is 57.9. The molecule has 0 bridgehead atoms. The Kier molecular flexibility index (Phi) is 3.60. The fourth-order valence-electron chi connectivity index (χ4n) is 0.402. The van der Waals surface area contributed by atoms with Crippen LogP contribution >= 0.6 is 15.9 Å². The summed E-state index contributed by atoms with van der Waals surface area (Å²) in [6.45, 7) is 1.38. The number of aliphatic hydroxyl groups is 2. The lowest BCUT2D eigenvalue weighted by Crippen LogP contribution is -2.22. The van der Waals surface area contributed by atoms with E-state index in [1.165, 1.54) is 6.92 Å². The molecular weight excluding hydrogens is 172 g/mol. The van der Waals surface area contributed by atoms with Crippen LogP contribution in [-0.2, 0) is 0 Å². The highest BCUT2D eigenvalue weighted by Gasteiger charge is 2.12. The van der Waals surface area contributed by atoms with E-state index < -0.39 is 5.79 Å². The van der Waals surface area contributed by atoms with Crippen molar-refractivity contribution in [3.8, 4) is 0 Å². The third-order valence-corrected chi connectivity index (χ3v) is 1.34. The largest absolute Gasteiger partial charge is 0.366 e. The van der Waals surface area contributed by atoms with Crippen molar-refractivity contribution >= 4 is 15.9 Å². The number of rotatable bonds is 3. The van der Waals surface area contributed by atoms with Gasteiger partial charge in [-0.3, -0.25) is 0 Å². The van der Waals surface area contributed by atoms with Gasteiger partial charge < -0.3 is 10.2 Å². The Morgan fingerprint density at radius 2 is 2.00 bits per heavy atom. The van der Waals surface area contributed by atoms with Crippen LogP contribution in [0.1, 0.15) is 19.8 Å². The average molecular weight is 183 g/mol. The Balaban J connectivity index is 3.11. The van der Waals surface area contributed by atoms with E-state index in [0.29, 0.717) is 6.42 Å². The smallest absolute Gasteiger partial charge is 0.159 e. The molecule has 0 aromatic carbocycles. The molecule has 0 spiro atoms. The van der Waals surface area contributed by atoms with E-state index in [4.69, 9.17) is 10.2 Å². The zero-order chi connectivity index (χ0) is 6.62. The summed E-state index contributed by atoms with van der Waals surface area (Å²) in [6.07, 6.45) is 1.22. The first-order chi connectivity index (χ1) is 3.56. The summed E-state index contributed by atoms with van der Waals surface area (Å²) in [6, 6.07) is 0. The van der Waals surface area contributed by atoms with Crippen molar-refractivity contribution in [1.82, 2.24) is 0 Å². The van der Waals surface area contributed by atoms with Crippen LogP contribution < -0.4 is 0 Å². The van der Waals surface area contributed by atoms with E-state index in [0.717, 1.165) is 11.8 Å². The Morgan fingerprint density at radius 1 is 1.50 bits per heavy atom. The normalized spacial score (nSPS) is 12.0. The van der Waals surface area contributed by atoms with Gasteiger partial charge in [-0.15, -0.1) is 0 Å². The molecule has 0 aliphatic heterocycles. The van der Waals surface area contributed by atoms with Gasteiger partial charge in [0, 0.05) is 11.8 Å². The summed E-state index contributed by atoms with van der Waals surface area (Å²) >= 11 is 3.18. The van der Waals surface area contributed by atoms with Crippen molar-refractivity contribution in [2.45, 2.75) is 25.6 Å². The van der Waals surface area contributed by atoms with E-state index in [1.54, 1.807) is 0 Å². The summed E-state index contributed by atoms with van der Waals surface area (Å²) in [7, 11) is 0. The van der Waals surface area contributed by atoms with Gasteiger partial charge in [-0.05, 0) is 13.3 Å². The van der Waals surface area contributed by atoms with Gasteiger partial charge in [-0.1, -0.05) is 15.9 Å². The van der Waals surface area contributed by atoms with Gasteiger partial charge in [0.1, 0.15) is 0 Å². The van der Waals surface area contributed by atoms with E-state index in [2.05, 4.69) is 15.9 Å². The zero-order valence-corrected chi connectivity index (χ0v) is 6.48. The van der Waals surface area contributed by atoms with Crippen LogP contribution in [0.4, 0.5) is 0 Å². The molecule has 2 nitrogen and oxygen atoms in total. The van der Waals surface area contributed by atoms with Crippen LogP contribution in [-0.4, -0.2) is 21.3 Å². The third-order valence-electron chi connectivity index (χ3n) is 0.784. The zero-order valence-electron chi connectivity index (χ0n) is 4.89. The molecule has 0 saturated carbocycles. The minimum absolute atomic E-state index is 0.429. The fourth-order valence-corrected chi connectivity index (χ4v) is 0.682. The first kappa shape index (κ1) is 8.40. The maximum Gasteiger partial charge on any atom is 0.159 e. The van der Waals surface area contributed by atoms with Crippen molar-refractivity contribution in [2.75, 3.05) is 5.33 Å². The first-order valence-corrected chi connectivity index (χ1v) is 3.69. The number of hydrogen-bond donors (Lipinski definition) is 2. The minimum Gasteiger partial charge on any atom is -0.366 e. The lowest BCUT2D eigenvalue weighted by Gasteiger charge is -2.13. The first-order valence-electron chi connectivity index (χ1n) is 2.57. The molecule has 0 fully saturated rings. The van der Waals surface area contributed by atoms with Crippen molar-refractivity contribution in [1.29, 1.82) is 0 Å². The molecule has 0 unspecified atom stereocenters. The lowest BCUT2D eigenvalue weighted by molar-refractivity contribution is -0.149. The summed E-state index contributed by atoms with van der Waals surface area (Å²) in [5, 5.41) is 18.2. The standard InChI is InChI=1S/C5H11BrO2/c1-5(7,8)3-2-4-6/h7-8H,2-4H2,1H3. The molecule has 50 valence electrons. The molecule has 0 saturated heterocycles. The van der Waals surface area contributed by atoms with Gasteiger partial charge in [0.25, 0.3) is 0 Å². The molecule has 2 N–H and O–H groups in total. The molecular formula is C5H11BrO2. The van der Waals surface area contributed by atoms with Gasteiger partial charge in [-0.2, -0.15) is 0 Å². The second-order valence-electron chi connectivity index (χ2n) is 2.01. The van der Waals surface area contributed by atoms with Gasteiger partial charge in [0.05, 0.1) is 0 Å². The summed E-state index contributed by atoms with van der Waals surface area (Å²) in [5.41, 5.74) is 0. The molecule has 0 radical (unpaired) electrons. The van der Waals surface area contributed by atoms with E-state index in [9.17, 15) is 0 Å². The summed E-state index contributed by atoms with van der Waals surface area (Å²) < 4.78 is 0. The lowest BCUT2D eigenvalue weighted by atomic mass is 10.2. The third kappa shape index (κ3) is 6.40. The second kappa shape index (κ2) is 3.43. The van der Waals surface area contributed by atoms with Crippen LogP contribution in [0.15, 0.2) is 0 Å². The van der Waals surface area contributed by atoms with Gasteiger partial charge in [0.2, 0.25) is 0 Å². The van der Waals surface area contributed by atoms with Crippen molar-refractivity contribution < 1.29 is 10.2 Å². The average Bonchev–Trinajstić information content (AvgIpc) is 1.59. The fraction of sp³-hybridized carbons (Fsp3) is 1.00. The predicted octanol–water partition coefficient (Wildman–Crippen LogP) is 0.862. The van der Waals surface area contributed by atoms with Gasteiger partial charge in [-0.25, -0.2) is 0 Å². The predicted molar refractivity (Wildman–Crippen MR) is 35.9 cm³/mol. The van der Waals surface area contributed by atoms with E-state index >= 15 is 0 Å². The maximum atomic E-state index is 8.68. The topological polar surface area (TPSA) is 40.5 Å². The highest BCUT2D eigenvalue weighted by atomic mass is 79.9. The molecule has 0 aliphatic carbocycles. The molecule has 0 atom stereocenters. The number of hydrogen-bond acceptors (Lipinski definition) is 2. The molecule has 3 heteroatoms. The van der Waals surface area contributed by atoms with E-state index in [1.807, 2.05) is 0 Å². The molecule has 0 aliphatic rings. The number of alkyl halides is 1. The van der Waals surface area contributed by atoms with E-state index in [-0.39, 0.29) is 0 Å². The Hall–Kier alpha value is 0.400. The molecule has 0 heterocycles. The van der Waals surface area contributed by atoms with Crippen molar-refractivity contribution in [2.24, 2.45) is 0 Å².